The van der Waals surface area contributed by atoms with Gasteiger partial charge in [0.2, 0.25) is 0 Å². The van der Waals surface area contributed by atoms with Crippen LogP contribution in [0.15, 0.2) is 4.42 Å². The zero-order valence-corrected chi connectivity index (χ0v) is 5.43. The maximum Gasteiger partial charge on any atom is 0.192 e. The summed E-state index contributed by atoms with van der Waals surface area (Å²) in [4.78, 5) is 3.93. The number of rotatable bonds is 0. The Bertz CT molecular complexity index is 254. The molecular weight excluding hydrogens is 114 g/mol. The smallest absolute Gasteiger partial charge is 0.192 e. The first-order chi connectivity index (χ1) is 4.24. The monoisotopic (exact) mass is 121 g/mol. The molecule has 0 spiro atoms. The van der Waals surface area contributed by atoms with Crippen molar-refractivity contribution >= 4 is 0 Å². The summed E-state index contributed by atoms with van der Waals surface area (Å²) in [5, 5.41) is 0. The van der Waals surface area contributed by atoms with E-state index in [1.165, 1.54) is 0 Å². The fraction of sp³-hybridized carbons (Fsp3) is 0.286. The Balaban J connectivity index is 3.20. The summed E-state index contributed by atoms with van der Waals surface area (Å²) in [6.07, 6.45) is 5.09. The largest absolute Gasteiger partial charge is 0.445 e. The van der Waals surface area contributed by atoms with Crippen LogP contribution >= 0.6 is 0 Å². The van der Waals surface area contributed by atoms with Crippen LogP contribution in [0.25, 0.3) is 0 Å². The highest BCUT2D eigenvalue weighted by Gasteiger charge is 2.00. The van der Waals surface area contributed by atoms with Crippen LogP contribution in [0.3, 0.4) is 0 Å². The van der Waals surface area contributed by atoms with Crippen molar-refractivity contribution < 1.29 is 4.42 Å². The van der Waals surface area contributed by atoms with Crippen molar-refractivity contribution in [2.75, 3.05) is 0 Å². The molecule has 1 rings (SSSR count). The van der Waals surface area contributed by atoms with Gasteiger partial charge >= 0.3 is 0 Å². The minimum absolute atomic E-state index is 0.604. The minimum Gasteiger partial charge on any atom is -0.445 e. The minimum atomic E-state index is 0.604. The molecule has 2 nitrogen and oxygen atoms in total. The zero-order valence-electron chi connectivity index (χ0n) is 5.43. The Morgan fingerprint density at radius 2 is 2.22 bits per heavy atom. The highest BCUT2D eigenvalue weighted by atomic mass is 16.4. The Kier molecular flexibility index (Phi) is 1.27. The Morgan fingerprint density at radius 1 is 1.56 bits per heavy atom. The van der Waals surface area contributed by atoms with Gasteiger partial charge in [0.1, 0.15) is 5.76 Å². The number of hydrogen-bond donors (Lipinski definition) is 0. The van der Waals surface area contributed by atoms with E-state index in [0.29, 0.717) is 11.6 Å². The van der Waals surface area contributed by atoms with Crippen molar-refractivity contribution in [1.29, 1.82) is 0 Å². The average molecular weight is 121 g/mol. The van der Waals surface area contributed by atoms with Gasteiger partial charge in [-0.2, -0.15) is 0 Å². The van der Waals surface area contributed by atoms with Gasteiger partial charge in [0.05, 0.1) is 0 Å². The molecule has 0 aliphatic rings. The van der Waals surface area contributed by atoms with Gasteiger partial charge in [0.25, 0.3) is 0 Å². The molecule has 0 saturated heterocycles. The first kappa shape index (κ1) is 5.90. The predicted molar refractivity (Wildman–Crippen MR) is 33.9 cm³/mol. The SMILES string of the molecule is C#Cc1nc(C)oc1C. The van der Waals surface area contributed by atoms with Crippen LogP contribution in [0.4, 0.5) is 0 Å². The molecule has 0 fully saturated rings. The fourth-order valence-corrected chi connectivity index (χ4v) is 0.663. The second kappa shape index (κ2) is 1.94. The summed E-state index contributed by atoms with van der Waals surface area (Å²) in [7, 11) is 0. The van der Waals surface area contributed by atoms with Gasteiger partial charge in [-0.1, -0.05) is 0 Å². The molecule has 0 unspecified atom stereocenters. The van der Waals surface area contributed by atoms with Crippen LogP contribution in [-0.2, 0) is 0 Å². The van der Waals surface area contributed by atoms with E-state index in [1.54, 1.807) is 13.8 Å². The average Bonchev–Trinajstić information content (AvgIpc) is 2.10. The predicted octanol–water partition coefficient (Wildman–Crippen LogP) is 1.27. The molecule has 0 saturated carbocycles. The molecule has 46 valence electrons. The maximum absolute atomic E-state index is 5.09. The van der Waals surface area contributed by atoms with Crippen LogP contribution in [0.1, 0.15) is 17.3 Å². The number of terminal acetylenes is 1. The third-order valence-corrected chi connectivity index (χ3v) is 1.04. The molecule has 0 amide bonds. The molecule has 1 aromatic rings. The molecule has 0 bridgehead atoms. The lowest BCUT2D eigenvalue weighted by Gasteiger charge is -1.76. The van der Waals surface area contributed by atoms with Gasteiger partial charge in [-0.3, -0.25) is 0 Å². The van der Waals surface area contributed by atoms with Crippen molar-refractivity contribution in [2.45, 2.75) is 13.8 Å². The number of hydrogen-bond acceptors (Lipinski definition) is 2. The Morgan fingerprint density at radius 3 is 2.44 bits per heavy atom. The van der Waals surface area contributed by atoms with Gasteiger partial charge in [-0.05, 0) is 12.8 Å². The van der Waals surface area contributed by atoms with Gasteiger partial charge in [0, 0.05) is 6.92 Å². The third kappa shape index (κ3) is 0.945. The van der Waals surface area contributed by atoms with E-state index in [1.807, 2.05) is 0 Å². The molecule has 0 aromatic carbocycles. The maximum atomic E-state index is 5.09. The lowest BCUT2D eigenvalue weighted by Crippen LogP contribution is -1.74. The standard InChI is InChI=1S/C7H7NO/c1-4-7-5(2)9-6(3)8-7/h1H,2-3H3. The van der Waals surface area contributed by atoms with E-state index < -0.39 is 0 Å². The van der Waals surface area contributed by atoms with E-state index in [4.69, 9.17) is 10.8 Å². The summed E-state index contributed by atoms with van der Waals surface area (Å²) in [5.74, 6) is 3.75. The highest BCUT2D eigenvalue weighted by molar-refractivity contribution is 5.26. The molecule has 1 aromatic heterocycles. The normalized spacial score (nSPS) is 9.00. The van der Waals surface area contributed by atoms with Gasteiger partial charge in [-0.15, -0.1) is 6.42 Å². The summed E-state index contributed by atoms with van der Waals surface area (Å²) in [5.41, 5.74) is 0.604. The molecule has 0 N–H and O–H groups in total. The van der Waals surface area contributed by atoms with E-state index in [2.05, 4.69) is 10.9 Å². The first-order valence-electron chi connectivity index (χ1n) is 2.64. The van der Waals surface area contributed by atoms with E-state index in [9.17, 15) is 0 Å². The van der Waals surface area contributed by atoms with E-state index >= 15 is 0 Å². The molecule has 0 radical (unpaired) electrons. The second-order valence-corrected chi connectivity index (χ2v) is 1.78. The Labute approximate surface area is 53.9 Å². The summed E-state index contributed by atoms with van der Waals surface area (Å²) < 4.78 is 5.05. The van der Waals surface area contributed by atoms with Gasteiger partial charge in [-0.25, -0.2) is 4.98 Å². The molecular formula is C7H7NO. The lowest BCUT2D eigenvalue weighted by molar-refractivity contribution is 0.494. The topological polar surface area (TPSA) is 26.0 Å². The van der Waals surface area contributed by atoms with Crippen molar-refractivity contribution in [3.05, 3.63) is 17.3 Å². The lowest BCUT2D eigenvalue weighted by atomic mass is 10.4. The Hall–Kier alpha value is -1.23. The molecule has 0 atom stereocenters. The van der Waals surface area contributed by atoms with Crippen LogP contribution in [0.2, 0.25) is 0 Å². The number of oxazole rings is 1. The van der Waals surface area contributed by atoms with Crippen molar-refractivity contribution in [3.63, 3.8) is 0 Å². The van der Waals surface area contributed by atoms with Gasteiger partial charge < -0.3 is 4.42 Å². The third-order valence-electron chi connectivity index (χ3n) is 1.04. The molecule has 1 heterocycles. The van der Waals surface area contributed by atoms with Crippen LogP contribution < -0.4 is 0 Å². The van der Waals surface area contributed by atoms with E-state index in [-0.39, 0.29) is 0 Å². The van der Waals surface area contributed by atoms with Crippen molar-refractivity contribution in [3.8, 4) is 12.3 Å². The van der Waals surface area contributed by atoms with Crippen molar-refractivity contribution in [1.82, 2.24) is 4.98 Å². The first-order valence-corrected chi connectivity index (χ1v) is 2.64. The van der Waals surface area contributed by atoms with Crippen LogP contribution in [0, 0.1) is 26.2 Å². The number of nitrogens with zero attached hydrogens (tertiary/aromatic N) is 1. The quantitative estimate of drug-likeness (QED) is 0.483. The molecule has 0 aliphatic heterocycles. The highest BCUT2D eigenvalue weighted by Crippen LogP contribution is 2.05. The molecule has 9 heavy (non-hydrogen) atoms. The summed E-state index contributed by atoms with van der Waals surface area (Å²) in [6, 6.07) is 0. The summed E-state index contributed by atoms with van der Waals surface area (Å²) >= 11 is 0. The number of aromatic nitrogens is 1. The fourth-order valence-electron chi connectivity index (χ4n) is 0.663. The zero-order chi connectivity index (χ0) is 6.85. The van der Waals surface area contributed by atoms with Crippen LogP contribution in [0.5, 0.6) is 0 Å². The van der Waals surface area contributed by atoms with E-state index in [0.717, 1.165) is 5.76 Å². The van der Waals surface area contributed by atoms with Crippen LogP contribution in [-0.4, -0.2) is 4.98 Å². The number of aryl methyl sites for hydroxylation is 2. The molecule has 0 aliphatic carbocycles. The van der Waals surface area contributed by atoms with Gasteiger partial charge in [0.15, 0.2) is 11.6 Å². The second-order valence-electron chi connectivity index (χ2n) is 1.78. The molecule has 2 heteroatoms. The summed E-state index contributed by atoms with van der Waals surface area (Å²) in [6.45, 7) is 3.57. The van der Waals surface area contributed by atoms with Crippen molar-refractivity contribution in [2.24, 2.45) is 0 Å².